The van der Waals surface area contributed by atoms with Crippen LogP contribution in [-0.2, 0) is 6.54 Å². The van der Waals surface area contributed by atoms with E-state index in [2.05, 4.69) is 54.0 Å². The highest BCUT2D eigenvalue weighted by Gasteiger charge is 2.11. The molecule has 1 heterocycles. The average molecular weight is 330 g/mol. The summed E-state index contributed by atoms with van der Waals surface area (Å²) in [4.78, 5) is 12.1. The fourth-order valence-electron chi connectivity index (χ4n) is 2.06. The molecule has 1 aromatic heterocycles. The number of rotatable bonds is 7. The molecular weight excluding hydrogens is 306 g/mol. The zero-order valence-electron chi connectivity index (χ0n) is 12.2. The molecule has 0 saturated heterocycles. The first kappa shape index (κ1) is 16.2. The van der Waals surface area contributed by atoms with Crippen LogP contribution in [0.5, 0.6) is 0 Å². The van der Waals surface area contributed by atoms with Gasteiger partial charge in [-0.15, -0.1) is 0 Å². The zero-order valence-corrected chi connectivity index (χ0v) is 13.8. The Hall–Kier alpha value is -0.840. The number of hydrogen-bond acceptors (Lipinski definition) is 3. The molecule has 0 radical (unpaired) electrons. The van der Waals surface area contributed by atoms with Crippen molar-refractivity contribution in [1.29, 1.82) is 0 Å². The summed E-state index contributed by atoms with van der Waals surface area (Å²) in [5.74, 6) is 0.624. The van der Waals surface area contributed by atoms with Crippen molar-refractivity contribution >= 4 is 21.6 Å². The Morgan fingerprint density at radius 1 is 1.42 bits per heavy atom. The zero-order chi connectivity index (χ0) is 14.4. The van der Waals surface area contributed by atoms with Crippen LogP contribution in [0.25, 0.3) is 0 Å². The van der Waals surface area contributed by atoms with Crippen LogP contribution in [0.4, 0.5) is 5.69 Å². The Labute approximate surface area is 123 Å². The van der Waals surface area contributed by atoms with Gasteiger partial charge in [-0.1, -0.05) is 27.2 Å². The number of nitrogens with one attached hydrogen (secondary N) is 1. The molecule has 19 heavy (non-hydrogen) atoms. The lowest BCUT2D eigenvalue weighted by Gasteiger charge is -2.18. The number of aromatic nitrogens is 2. The Balaban J connectivity index is 2.81. The molecule has 0 aliphatic heterocycles. The van der Waals surface area contributed by atoms with Gasteiger partial charge in [-0.2, -0.15) is 5.10 Å². The van der Waals surface area contributed by atoms with E-state index in [1.54, 1.807) is 6.20 Å². The van der Waals surface area contributed by atoms with Crippen LogP contribution in [0.1, 0.15) is 47.0 Å². The second-order valence-corrected chi connectivity index (χ2v) is 6.22. The number of unbranched alkanes of at least 4 members (excludes halogenated alkanes) is 1. The summed E-state index contributed by atoms with van der Waals surface area (Å²) in [6, 6.07) is 0.323. The molecule has 0 aliphatic carbocycles. The molecule has 0 aromatic carbocycles. The number of halogens is 1. The third kappa shape index (κ3) is 4.97. The number of nitrogens with zero attached hydrogens (tertiary/aromatic N) is 2. The van der Waals surface area contributed by atoms with Crippen LogP contribution < -0.4 is 10.9 Å². The van der Waals surface area contributed by atoms with Gasteiger partial charge in [0.05, 0.1) is 11.9 Å². The van der Waals surface area contributed by atoms with Crippen LogP contribution in [0, 0.1) is 5.92 Å². The summed E-state index contributed by atoms with van der Waals surface area (Å²) >= 11 is 3.38. The molecule has 1 N–H and O–H groups in total. The summed E-state index contributed by atoms with van der Waals surface area (Å²) in [7, 11) is 0. The Kier molecular flexibility index (Phi) is 6.55. The maximum Gasteiger partial charge on any atom is 0.283 e. The van der Waals surface area contributed by atoms with Gasteiger partial charge >= 0.3 is 0 Å². The summed E-state index contributed by atoms with van der Waals surface area (Å²) in [6.07, 6.45) is 4.82. The Morgan fingerprint density at radius 3 is 2.68 bits per heavy atom. The van der Waals surface area contributed by atoms with E-state index in [9.17, 15) is 4.79 Å². The molecule has 1 aromatic rings. The van der Waals surface area contributed by atoms with Gasteiger partial charge in [-0.05, 0) is 41.6 Å². The normalized spacial score (nSPS) is 12.7. The summed E-state index contributed by atoms with van der Waals surface area (Å²) in [5, 5.41) is 7.56. The maximum atomic E-state index is 12.1. The van der Waals surface area contributed by atoms with Gasteiger partial charge in [0.15, 0.2) is 0 Å². The topological polar surface area (TPSA) is 46.9 Å². The van der Waals surface area contributed by atoms with Crippen molar-refractivity contribution in [2.45, 2.75) is 59.5 Å². The van der Waals surface area contributed by atoms with Gasteiger partial charge in [0.1, 0.15) is 4.47 Å². The molecule has 1 atom stereocenters. The van der Waals surface area contributed by atoms with E-state index in [0.29, 0.717) is 23.0 Å². The van der Waals surface area contributed by atoms with Crippen molar-refractivity contribution in [1.82, 2.24) is 9.78 Å². The average Bonchev–Trinajstić information content (AvgIpc) is 2.33. The highest BCUT2D eigenvalue weighted by atomic mass is 79.9. The second-order valence-electron chi connectivity index (χ2n) is 5.43. The minimum atomic E-state index is -0.0600. The number of hydrogen-bond donors (Lipinski definition) is 1. The highest BCUT2D eigenvalue weighted by Crippen LogP contribution is 2.19. The molecule has 0 fully saturated rings. The highest BCUT2D eigenvalue weighted by molar-refractivity contribution is 9.10. The van der Waals surface area contributed by atoms with E-state index >= 15 is 0 Å². The first-order valence-electron chi connectivity index (χ1n) is 6.97. The van der Waals surface area contributed by atoms with Crippen molar-refractivity contribution in [3.63, 3.8) is 0 Å². The molecule has 1 rings (SSSR count). The van der Waals surface area contributed by atoms with Crippen molar-refractivity contribution in [2.75, 3.05) is 5.32 Å². The molecule has 0 aliphatic rings. The van der Waals surface area contributed by atoms with Crippen LogP contribution >= 0.6 is 15.9 Å². The SMILES string of the molecule is CCCCn1ncc(NC(C)CC(C)C)c(Br)c1=O. The molecule has 108 valence electrons. The predicted octanol–water partition coefficient (Wildman–Crippen LogP) is 3.65. The maximum absolute atomic E-state index is 12.1. The Bertz CT molecular complexity index is 456. The smallest absolute Gasteiger partial charge is 0.283 e. The molecule has 0 saturated carbocycles. The number of aryl methyl sites for hydroxylation is 1. The summed E-state index contributed by atoms with van der Waals surface area (Å²) in [6.45, 7) is 9.27. The van der Waals surface area contributed by atoms with Crippen LogP contribution in [0.15, 0.2) is 15.5 Å². The van der Waals surface area contributed by atoms with Gasteiger partial charge in [-0.25, -0.2) is 4.68 Å². The van der Waals surface area contributed by atoms with Crippen LogP contribution in [0.2, 0.25) is 0 Å². The molecular formula is C14H24BrN3O. The van der Waals surface area contributed by atoms with E-state index in [-0.39, 0.29) is 5.56 Å². The van der Waals surface area contributed by atoms with Gasteiger partial charge in [0.2, 0.25) is 0 Å². The van der Waals surface area contributed by atoms with Crippen molar-refractivity contribution in [3.05, 3.63) is 21.0 Å². The second kappa shape index (κ2) is 7.68. The quantitative estimate of drug-likeness (QED) is 0.830. The Morgan fingerprint density at radius 2 is 2.11 bits per heavy atom. The van der Waals surface area contributed by atoms with Crippen LogP contribution in [-0.4, -0.2) is 15.8 Å². The first-order chi connectivity index (χ1) is 8.95. The third-order valence-corrected chi connectivity index (χ3v) is 3.70. The van der Waals surface area contributed by atoms with E-state index in [0.717, 1.165) is 24.9 Å². The molecule has 5 heteroatoms. The fourth-order valence-corrected chi connectivity index (χ4v) is 2.49. The lowest BCUT2D eigenvalue weighted by Crippen LogP contribution is -2.26. The first-order valence-corrected chi connectivity index (χ1v) is 7.77. The lowest BCUT2D eigenvalue weighted by molar-refractivity contribution is 0.531. The molecule has 0 bridgehead atoms. The molecule has 4 nitrogen and oxygen atoms in total. The van der Waals surface area contributed by atoms with Crippen molar-refractivity contribution in [3.8, 4) is 0 Å². The predicted molar refractivity (Wildman–Crippen MR) is 83.6 cm³/mol. The number of anilines is 1. The molecule has 1 unspecified atom stereocenters. The minimum Gasteiger partial charge on any atom is -0.380 e. The van der Waals surface area contributed by atoms with E-state index in [1.807, 2.05) is 0 Å². The largest absolute Gasteiger partial charge is 0.380 e. The van der Waals surface area contributed by atoms with E-state index in [4.69, 9.17) is 0 Å². The van der Waals surface area contributed by atoms with Crippen molar-refractivity contribution < 1.29 is 0 Å². The molecule has 0 spiro atoms. The fraction of sp³-hybridized carbons (Fsp3) is 0.714. The minimum absolute atomic E-state index is 0.0600. The molecule has 0 amide bonds. The standard InChI is InChI=1S/C14H24BrN3O/c1-5-6-7-18-14(19)13(15)12(9-16-18)17-11(4)8-10(2)3/h9-11,17H,5-8H2,1-4H3. The van der Waals surface area contributed by atoms with Crippen LogP contribution in [0.3, 0.4) is 0 Å². The third-order valence-electron chi connectivity index (χ3n) is 2.94. The summed E-state index contributed by atoms with van der Waals surface area (Å²) in [5.41, 5.74) is 0.723. The van der Waals surface area contributed by atoms with Gasteiger partial charge in [0, 0.05) is 12.6 Å². The van der Waals surface area contributed by atoms with E-state index < -0.39 is 0 Å². The summed E-state index contributed by atoms with van der Waals surface area (Å²) < 4.78 is 2.10. The van der Waals surface area contributed by atoms with Crippen molar-refractivity contribution in [2.24, 2.45) is 5.92 Å². The van der Waals surface area contributed by atoms with Gasteiger partial charge in [0.25, 0.3) is 5.56 Å². The van der Waals surface area contributed by atoms with E-state index in [1.165, 1.54) is 4.68 Å². The van der Waals surface area contributed by atoms with Gasteiger partial charge in [-0.3, -0.25) is 4.79 Å². The van der Waals surface area contributed by atoms with Gasteiger partial charge < -0.3 is 5.32 Å². The lowest BCUT2D eigenvalue weighted by atomic mass is 10.1. The monoisotopic (exact) mass is 329 g/mol.